The molecule has 0 unspecified atom stereocenters. The first-order valence-electron chi connectivity index (χ1n) is 4.87. The van der Waals surface area contributed by atoms with Crippen LogP contribution in [0.1, 0.15) is 5.56 Å². The molecule has 1 rings (SSSR count). The van der Waals surface area contributed by atoms with Gasteiger partial charge in [-0.1, -0.05) is 0 Å². The lowest BCUT2D eigenvalue weighted by atomic mass is 10.3. The number of aliphatic hydroxyl groups excluding tert-OH is 1. The number of amides is 2. The number of hydrogen-bond acceptors (Lipinski definition) is 4. The third kappa shape index (κ3) is 3.76. The maximum atomic E-state index is 11.6. The van der Waals surface area contributed by atoms with Crippen LogP contribution in [0.5, 0.6) is 0 Å². The zero-order valence-electron chi connectivity index (χ0n) is 9.25. The third-order valence-electron chi connectivity index (χ3n) is 2.10. The van der Waals surface area contributed by atoms with Crippen molar-refractivity contribution in [1.29, 1.82) is 0 Å². The van der Waals surface area contributed by atoms with Gasteiger partial charge < -0.3 is 20.4 Å². The fourth-order valence-electron chi connectivity index (χ4n) is 1.15. The van der Waals surface area contributed by atoms with Crippen LogP contribution in [0.3, 0.4) is 0 Å². The van der Waals surface area contributed by atoms with E-state index in [4.69, 9.17) is 10.2 Å². The van der Waals surface area contributed by atoms with Crippen LogP contribution >= 0.6 is 0 Å². The van der Waals surface area contributed by atoms with Crippen LogP contribution in [0.15, 0.2) is 12.4 Å². The molecule has 17 heavy (non-hydrogen) atoms. The zero-order chi connectivity index (χ0) is 12.8. The van der Waals surface area contributed by atoms with Gasteiger partial charge >= 0.3 is 12.0 Å². The molecule has 0 bridgehead atoms. The van der Waals surface area contributed by atoms with E-state index >= 15 is 0 Å². The fourth-order valence-corrected chi connectivity index (χ4v) is 1.15. The summed E-state index contributed by atoms with van der Waals surface area (Å²) in [7, 11) is 1.51. The lowest BCUT2D eigenvalue weighted by Gasteiger charge is -2.19. The highest BCUT2D eigenvalue weighted by atomic mass is 16.4. The molecule has 0 aliphatic heterocycles. The summed E-state index contributed by atoms with van der Waals surface area (Å²) < 4.78 is 0. The number of rotatable bonds is 5. The minimum absolute atomic E-state index is 0.292. The monoisotopic (exact) mass is 242 g/mol. The molecule has 0 spiro atoms. The Balaban J connectivity index is 2.49. The Hall–Kier alpha value is -2.09. The molecule has 0 radical (unpaired) electrons. The highest BCUT2D eigenvalue weighted by molar-refractivity contribution is 5.82. The average molecular weight is 242 g/mol. The Morgan fingerprint density at radius 1 is 1.65 bits per heavy atom. The van der Waals surface area contributed by atoms with Crippen LogP contribution in [0.25, 0.3) is 0 Å². The van der Waals surface area contributed by atoms with Gasteiger partial charge in [-0.25, -0.2) is 9.59 Å². The van der Waals surface area contributed by atoms with E-state index in [9.17, 15) is 9.59 Å². The fraction of sp³-hybridized carbons (Fsp3) is 0.444. The van der Waals surface area contributed by atoms with E-state index in [1.165, 1.54) is 11.9 Å². The number of aliphatic hydroxyl groups is 1. The normalized spacial score (nSPS) is 11.9. The van der Waals surface area contributed by atoms with E-state index in [1.807, 2.05) is 0 Å². The number of nitrogens with zero attached hydrogens (tertiary/aromatic N) is 2. The maximum Gasteiger partial charge on any atom is 0.328 e. The molecule has 2 amide bonds. The summed E-state index contributed by atoms with van der Waals surface area (Å²) in [6.07, 6.45) is 3.19. The Labute approximate surface area is 97.2 Å². The van der Waals surface area contributed by atoms with Crippen LogP contribution in [0.2, 0.25) is 0 Å². The van der Waals surface area contributed by atoms with Gasteiger partial charge in [0.2, 0.25) is 0 Å². The first kappa shape index (κ1) is 13.0. The van der Waals surface area contributed by atoms with Gasteiger partial charge in [0.15, 0.2) is 6.04 Å². The second-order valence-corrected chi connectivity index (χ2v) is 3.49. The van der Waals surface area contributed by atoms with E-state index in [1.54, 1.807) is 12.4 Å². The first-order chi connectivity index (χ1) is 8.04. The van der Waals surface area contributed by atoms with Crippen molar-refractivity contribution in [2.24, 2.45) is 0 Å². The summed E-state index contributed by atoms with van der Waals surface area (Å²) in [6.45, 7) is -0.360. The van der Waals surface area contributed by atoms with Crippen molar-refractivity contribution < 1.29 is 19.8 Å². The molecule has 1 aromatic heterocycles. The predicted molar refractivity (Wildman–Crippen MR) is 57.1 cm³/mol. The molecule has 8 heteroatoms. The minimum atomic E-state index is -1.30. The lowest BCUT2D eigenvalue weighted by Crippen LogP contribution is -2.48. The summed E-state index contributed by atoms with van der Waals surface area (Å²) in [6, 6.07) is -1.87. The van der Waals surface area contributed by atoms with E-state index in [0.29, 0.717) is 6.54 Å². The number of carboxylic acids is 1. The van der Waals surface area contributed by atoms with Gasteiger partial charge in [0.1, 0.15) is 0 Å². The molecule has 0 aromatic carbocycles. The number of aromatic amines is 1. The van der Waals surface area contributed by atoms with Crippen LogP contribution in [0, 0.1) is 0 Å². The lowest BCUT2D eigenvalue weighted by molar-refractivity contribution is -0.140. The number of carbonyl (C=O) groups excluding carboxylic acids is 1. The van der Waals surface area contributed by atoms with Crippen molar-refractivity contribution in [3.8, 4) is 0 Å². The summed E-state index contributed by atoms with van der Waals surface area (Å²) in [5.74, 6) is -1.28. The molecular weight excluding hydrogens is 228 g/mol. The molecule has 8 nitrogen and oxygen atoms in total. The highest BCUT2D eigenvalue weighted by Gasteiger charge is 2.20. The number of hydrogen-bond donors (Lipinski definition) is 4. The van der Waals surface area contributed by atoms with E-state index in [2.05, 4.69) is 15.5 Å². The Morgan fingerprint density at radius 2 is 2.35 bits per heavy atom. The van der Waals surface area contributed by atoms with Gasteiger partial charge in [-0.15, -0.1) is 0 Å². The van der Waals surface area contributed by atoms with Gasteiger partial charge in [-0.05, 0) is 0 Å². The van der Waals surface area contributed by atoms with E-state index < -0.39 is 24.6 Å². The molecular formula is C9H14N4O4. The van der Waals surface area contributed by atoms with Gasteiger partial charge in [-0.2, -0.15) is 5.10 Å². The van der Waals surface area contributed by atoms with Gasteiger partial charge in [0.05, 0.1) is 19.3 Å². The number of H-pyrrole nitrogens is 1. The molecule has 94 valence electrons. The number of aromatic nitrogens is 2. The van der Waals surface area contributed by atoms with Gasteiger partial charge in [-0.3, -0.25) is 5.10 Å². The second-order valence-electron chi connectivity index (χ2n) is 3.49. The third-order valence-corrected chi connectivity index (χ3v) is 2.10. The molecule has 1 aromatic rings. The number of carbonyl (C=O) groups is 2. The number of urea groups is 1. The number of aliphatic carboxylic acids is 1. The van der Waals surface area contributed by atoms with Crippen molar-refractivity contribution in [2.45, 2.75) is 12.6 Å². The molecule has 1 heterocycles. The zero-order valence-corrected chi connectivity index (χ0v) is 9.25. The average Bonchev–Trinajstić information content (AvgIpc) is 2.77. The van der Waals surface area contributed by atoms with E-state index in [-0.39, 0.29) is 0 Å². The standard InChI is InChI=1S/C9H14N4O4/c1-13(4-6-2-10-11-3-6)9(17)12-7(5-14)8(15)16/h2-3,7,14H,4-5H2,1H3,(H,10,11)(H,12,17)(H,15,16)/t7-/m1/s1. The Morgan fingerprint density at radius 3 is 2.82 bits per heavy atom. The molecule has 0 aliphatic rings. The summed E-state index contributed by atoms with van der Waals surface area (Å²) >= 11 is 0. The van der Waals surface area contributed by atoms with Crippen molar-refractivity contribution in [3.63, 3.8) is 0 Å². The number of carboxylic acid groups (broad SMARTS) is 1. The van der Waals surface area contributed by atoms with Crippen molar-refractivity contribution in [1.82, 2.24) is 20.4 Å². The predicted octanol–water partition coefficient (Wildman–Crippen LogP) is -1.00. The summed E-state index contributed by atoms with van der Waals surface area (Å²) in [5.41, 5.74) is 0.790. The van der Waals surface area contributed by atoms with Crippen molar-refractivity contribution in [2.75, 3.05) is 13.7 Å². The van der Waals surface area contributed by atoms with Crippen LogP contribution in [0.4, 0.5) is 4.79 Å². The minimum Gasteiger partial charge on any atom is -0.480 e. The largest absolute Gasteiger partial charge is 0.480 e. The second kappa shape index (κ2) is 5.85. The Kier molecular flexibility index (Phi) is 4.46. The SMILES string of the molecule is CN(Cc1cn[nH]c1)C(=O)N[C@H](CO)C(=O)O. The topological polar surface area (TPSA) is 119 Å². The quantitative estimate of drug-likeness (QED) is 0.528. The molecule has 0 fully saturated rings. The van der Waals surface area contributed by atoms with Gasteiger partial charge in [0.25, 0.3) is 0 Å². The summed E-state index contributed by atoms with van der Waals surface area (Å²) in [5, 5.41) is 25.9. The molecule has 1 atom stereocenters. The first-order valence-corrected chi connectivity index (χ1v) is 4.87. The smallest absolute Gasteiger partial charge is 0.328 e. The van der Waals surface area contributed by atoms with Crippen molar-refractivity contribution in [3.05, 3.63) is 18.0 Å². The molecule has 4 N–H and O–H groups in total. The van der Waals surface area contributed by atoms with Crippen LogP contribution < -0.4 is 5.32 Å². The maximum absolute atomic E-state index is 11.6. The van der Waals surface area contributed by atoms with Crippen LogP contribution in [-0.2, 0) is 11.3 Å². The van der Waals surface area contributed by atoms with Gasteiger partial charge in [0, 0.05) is 18.8 Å². The summed E-state index contributed by atoms with van der Waals surface area (Å²) in [4.78, 5) is 23.4. The van der Waals surface area contributed by atoms with E-state index in [0.717, 1.165) is 5.56 Å². The molecule has 0 saturated carbocycles. The number of nitrogens with one attached hydrogen (secondary N) is 2. The van der Waals surface area contributed by atoms with Crippen LogP contribution in [-0.4, -0.2) is 57.0 Å². The Bertz CT molecular complexity index is 378. The molecule has 0 saturated heterocycles. The van der Waals surface area contributed by atoms with Crippen molar-refractivity contribution >= 4 is 12.0 Å². The highest BCUT2D eigenvalue weighted by Crippen LogP contribution is 2.00. The molecule has 0 aliphatic carbocycles.